The Morgan fingerprint density at radius 2 is 1.96 bits per heavy atom. The van der Waals surface area contributed by atoms with Gasteiger partial charge in [0, 0.05) is 46.9 Å². The lowest BCUT2D eigenvalue weighted by atomic mass is 9.86. The van der Waals surface area contributed by atoms with E-state index in [9.17, 15) is 0 Å². The van der Waals surface area contributed by atoms with E-state index in [1.165, 1.54) is 32.1 Å². The van der Waals surface area contributed by atoms with Gasteiger partial charge in [-0.1, -0.05) is 6.42 Å². The maximum absolute atomic E-state index is 5.09. The molecule has 0 aromatic rings. The molecule has 24 heavy (non-hydrogen) atoms. The van der Waals surface area contributed by atoms with E-state index in [0.29, 0.717) is 0 Å². The van der Waals surface area contributed by atoms with Crippen LogP contribution in [0, 0.1) is 17.8 Å². The van der Waals surface area contributed by atoms with E-state index in [-0.39, 0.29) is 24.0 Å². The molecule has 2 rings (SSSR count). The van der Waals surface area contributed by atoms with E-state index in [1.54, 1.807) is 7.11 Å². The Labute approximate surface area is 165 Å². The first-order valence-electron chi connectivity index (χ1n) is 9.35. The SMILES string of the molecule is CN=C(NCCC1CC2CCC1C2)NCCN(C)CCCOC.I. The van der Waals surface area contributed by atoms with Crippen LogP contribution in [0.1, 0.15) is 38.5 Å². The number of rotatable bonds is 10. The average molecular weight is 452 g/mol. The van der Waals surface area contributed by atoms with E-state index in [4.69, 9.17) is 4.74 Å². The smallest absolute Gasteiger partial charge is 0.191 e. The number of nitrogens with one attached hydrogen (secondary N) is 2. The molecule has 2 bridgehead atoms. The van der Waals surface area contributed by atoms with Gasteiger partial charge >= 0.3 is 0 Å². The largest absolute Gasteiger partial charge is 0.385 e. The zero-order chi connectivity index (χ0) is 16.5. The minimum atomic E-state index is 0. The monoisotopic (exact) mass is 452 g/mol. The van der Waals surface area contributed by atoms with Gasteiger partial charge in [0.2, 0.25) is 0 Å². The molecule has 0 aliphatic heterocycles. The zero-order valence-corrected chi connectivity index (χ0v) is 18.1. The van der Waals surface area contributed by atoms with Gasteiger partial charge < -0.3 is 20.3 Å². The fraction of sp³-hybridized carbons (Fsp3) is 0.944. The van der Waals surface area contributed by atoms with E-state index in [0.717, 1.165) is 62.9 Å². The zero-order valence-electron chi connectivity index (χ0n) is 15.7. The van der Waals surface area contributed by atoms with Crippen LogP contribution in [-0.2, 0) is 4.74 Å². The Kier molecular flexibility index (Phi) is 11.3. The first kappa shape index (κ1) is 22.0. The number of hydrogen-bond donors (Lipinski definition) is 2. The van der Waals surface area contributed by atoms with Crippen LogP contribution in [0.4, 0.5) is 0 Å². The fourth-order valence-electron chi connectivity index (χ4n) is 4.28. The van der Waals surface area contributed by atoms with Crippen LogP contribution in [0.25, 0.3) is 0 Å². The van der Waals surface area contributed by atoms with E-state index in [2.05, 4.69) is 27.6 Å². The first-order valence-corrected chi connectivity index (χ1v) is 9.35. The first-order chi connectivity index (χ1) is 11.2. The van der Waals surface area contributed by atoms with Crippen LogP contribution >= 0.6 is 24.0 Å². The van der Waals surface area contributed by atoms with E-state index >= 15 is 0 Å². The summed E-state index contributed by atoms with van der Waals surface area (Å²) in [6.07, 6.45) is 8.35. The second-order valence-electron chi connectivity index (χ2n) is 7.30. The van der Waals surface area contributed by atoms with Gasteiger partial charge in [-0.2, -0.15) is 0 Å². The Morgan fingerprint density at radius 1 is 1.17 bits per heavy atom. The summed E-state index contributed by atoms with van der Waals surface area (Å²) in [5.74, 6) is 3.98. The average Bonchev–Trinajstić information content (AvgIpc) is 3.16. The summed E-state index contributed by atoms with van der Waals surface area (Å²) in [6.45, 7) is 4.92. The van der Waals surface area contributed by atoms with Gasteiger partial charge in [-0.25, -0.2) is 0 Å². The number of nitrogens with zero attached hydrogens (tertiary/aromatic N) is 2. The lowest BCUT2D eigenvalue weighted by molar-refractivity contribution is 0.180. The van der Waals surface area contributed by atoms with Crippen LogP contribution in [0.15, 0.2) is 4.99 Å². The van der Waals surface area contributed by atoms with Gasteiger partial charge in [0.25, 0.3) is 0 Å². The number of fused-ring (bicyclic) bond motifs is 2. The third kappa shape index (κ3) is 7.44. The molecule has 0 aromatic carbocycles. The lowest BCUT2D eigenvalue weighted by Crippen LogP contribution is -2.41. The fourth-order valence-corrected chi connectivity index (χ4v) is 4.28. The van der Waals surface area contributed by atoms with Gasteiger partial charge in [0.05, 0.1) is 0 Å². The maximum Gasteiger partial charge on any atom is 0.191 e. The predicted molar refractivity (Wildman–Crippen MR) is 112 cm³/mol. The number of likely N-dealkylation sites (N-methyl/N-ethyl adjacent to an activating group) is 1. The summed E-state index contributed by atoms with van der Waals surface area (Å²) in [4.78, 5) is 6.66. The summed E-state index contributed by atoms with van der Waals surface area (Å²) in [7, 11) is 5.77. The highest BCUT2D eigenvalue weighted by Crippen LogP contribution is 2.49. The lowest BCUT2D eigenvalue weighted by Gasteiger charge is -2.22. The van der Waals surface area contributed by atoms with Crippen LogP contribution in [0.3, 0.4) is 0 Å². The molecule has 0 amide bonds. The number of hydrogen-bond acceptors (Lipinski definition) is 3. The number of methoxy groups -OCH3 is 1. The molecule has 3 atom stereocenters. The number of aliphatic imine (C=N–C) groups is 1. The molecule has 0 radical (unpaired) electrons. The Bertz CT molecular complexity index is 367. The third-order valence-corrected chi connectivity index (χ3v) is 5.59. The number of ether oxygens (including phenoxy) is 1. The topological polar surface area (TPSA) is 48.9 Å². The molecule has 2 aliphatic carbocycles. The van der Waals surface area contributed by atoms with E-state index in [1.807, 2.05) is 7.05 Å². The molecule has 0 spiro atoms. The van der Waals surface area contributed by atoms with Crippen LogP contribution < -0.4 is 10.6 Å². The van der Waals surface area contributed by atoms with Crippen molar-refractivity contribution in [3.63, 3.8) is 0 Å². The highest BCUT2D eigenvalue weighted by molar-refractivity contribution is 14.0. The summed E-state index contributed by atoms with van der Waals surface area (Å²) >= 11 is 0. The summed E-state index contributed by atoms with van der Waals surface area (Å²) in [6, 6.07) is 0. The van der Waals surface area contributed by atoms with Gasteiger partial charge in [0.15, 0.2) is 5.96 Å². The molecule has 6 heteroatoms. The minimum absolute atomic E-state index is 0. The summed E-state index contributed by atoms with van der Waals surface area (Å²) in [5, 5.41) is 6.90. The van der Waals surface area contributed by atoms with Gasteiger partial charge in [-0.05, 0) is 56.9 Å². The van der Waals surface area contributed by atoms with Crippen molar-refractivity contribution in [3.05, 3.63) is 0 Å². The van der Waals surface area contributed by atoms with Crippen molar-refractivity contribution >= 4 is 29.9 Å². The van der Waals surface area contributed by atoms with Crippen molar-refractivity contribution < 1.29 is 4.74 Å². The molecule has 2 saturated carbocycles. The van der Waals surface area contributed by atoms with Gasteiger partial charge in [0.1, 0.15) is 0 Å². The summed E-state index contributed by atoms with van der Waals surface area (Å²) in [5.41, 5.74) is 0. The highest BCUT2D eigenvalue weighted by Gasteiger charge is 2.38. The van der Waals surface area contributed by atoms with Crippen LogP contribution in [0.2, 0.25) is 0 Å². The Balaban J connectivity index is 0.00000288. The molecular weight excluding hydrogens is 415 g/mol. The molecule has 2 N–H and O–H groups in total. The second-order valence-corrected chi connectivity index (χ2v) is 7.30. The Hall–Kier alpha value is -0.0800. The molecule has 2 aliphatic rings. The molecule has 0 aromatic heterocycles. The van der Waals surface area contributed by atoms with Crippen molar-refractivity contribution in [2.45, 2.75) is 38.5 Å². The molecule has 0 heterocycles. The minimum Gasteiger partial charge on any atom is -0.385 e. The maximum atomic E-state index is 5.09. The normalized spacial score (nSPS) is 25.8. The molecular formula is C18H37IN4O. The molecule has 2 fully saturated rings. The quantitative estimate of drug-likeness (QED) is 0.232. The van der Waals surface area contributed by atoms with Crippen molar-refractivity contribution in [3.8, 4) is 0 Å². The molecule has 0 saturated heterocycles. The van der Waals surface area contributed by atoms with Gasteiger partial charge in [-0.3, -0.25) is 4.99 Å². The predicted octanol–water partition coefficient (Wildman–Crippen LogP) is 2.56. The van der Waals surface area contributed by atoms with Gasteiger partial charge in [-0.15, -0.1) is 24.0 Å². The third-order valence-electron chi connectivity index (χ3n) is 5.59. The van der Waals surface area contributed by atoms with E-state index < -0.39 is 0 Å². The molecule has 5 nitrogen and oxygen atoms in total. The van der Waals surface area contributed by atoms with Crippen molar-refractivity contribution in [1.29, 1.82) is 0 Å². The highest BCUT2D eigenvalue weighted by atomic mass is 127. The number of guanidine groups is 1. The van der Waals surface area contributed by atoms with Crippen LogP contribution in [0.5, 0.6) is 0 Å². The summed E-state index contributed by atoms with van der Waals surface area (Å²) < 4.78 is 5.09. The van der Waals surface area contributed by atoms with Crippen molar-refractivity contribution in [1.82, 2.24) is 15.5 Å². The second kappa shape index (κ2) is 12.3. The molecule has 142 valence electrons. The van der Waals surface area contributed by atoms with Crippen molar-refractivity contribution in [2.75, 3.05) is 54.0 Å². The van der Waals surface area contributed by atoms with Crippen LogP contribution in [-0.4, -0.2) is 64.9 Å². The Morgan fingerprint density at radius 3 is 2.58 bits per heavy atom. The van der Waals surface area contributed by atoms with Crippen molar-refractivity contribution in [2.24, 2.45) is 22.7 Å². The number of halogens is 1. The standard InChI is InChI=1S/C18H36N4O.HI/c1-19-18(21-9-11-22(2)10-4-12-23-3)20-8-7-17-14-15-5-6-16(17)13-15;/h15-17H,4-14H2,1-3H3,(H2,19,20,21);1H. The molecule has 3 unspecified atom stereocenters.